The fourth-order valence-corrected chi connectivity index (χ4v) is 3.08. The van der Waals surface area contributed by atoms with E-state index >= 15 is 0 Å². The number of pyridine rings is 1. The van der Waals surface area contributed by atoms with Gasteiger partial charge in [-0.3, -0.25) is 0 Å². The zero-order chi connectivity index (χ0) is 12.5. The molecule has 0 unspecified atom stereocenters. The van der Waals surface area contributed by atoms with Crippen LogP contribution in [0.1, 0.15) is 5.56 Å². The average Bonchev–Trinajstić information content (AvgIpc) is 2.69. The minimum absolute atomic E-state index is 0.774. The molecule has 1 aromatic carbocycles. The molecule has 0 amide bonds. The summed E-state index contributed by atoms with van der Waals surface area (Å²) >= 11 is 7.67. The summed E-state index contributed by atoms with van der Waals surface area (Å²) in [6.07, 6.45) is 2.10. The summed E-state index contributed by atoms with van der Waals surface area (Å²) in [4.78, 5) is 1.20. The topological polar surface area (TPSA) is 4.41 Å². The number of benzene rings is 1. The van der Waals surface area contributed by atoms with Gasteiger partial charge in [0.1, 0.15) is 0 Å². The predicted octanol–water partition coefficient (Wildman–Crippen LogP) is 5.05. The van der Waals surface area contributed by atoms with E-state index in [0.717, 1.165) is 5.02 Å². The number of hydrogen-bond acceptors (Lipinski definition) is 1. The summed E-state index contributed by atoms with van der Waals surface area (Å²) in [5.74, 6) is 0. The second-order valence-corrected chi connectivity index (χ2v) is 5.68. The highest BCUT2D eigenvalue weighted by atomic mass is 35.5. The molecule has 3 heteroatoms. The van der Waals surface area contributed by atoms with E-state index in [1.54, 1.807) is 11.8 Å². The van der Waals surface area contributed by atoms with Gasteiger partial charge in [0.05, 0.1) is 5.03 Å². The third kappa shape index (κ3) is 2.14. The Hall–Kier alpha value is -1.38. The second-order valence-electron chi connectivity index (χ2n) is 4.18. The maximum Gasteiger partial charge on any atom is 0.0872 e. The lowest BCUT2D eigenvalue weighted by molar-refractivity contribution is 1.02. The summed E-state index contributed by atoms with van der Waals surface area (Å²) < 4.78 is 2.22. The van der Waals surface area contributed by atoms with E-state index in [0.29, 0.717) is 0 Å². The van der Waals surface area contributed by atoms with Crippen LogP contribution < -0.4 is 0 Å². The molecule has 2 heterocycles. The standard InChI is InChI=1S/C15H12ClNS/c1-11-10-13-4-2-3-9-17(13)15(11)18-14-7-5-12(16)6-8-14/h2-10H,1H3. The Morgan fingerprint density at radius 2 is 1.83 bits per heavy atom. The van der Waals surface area contributed by atoms with Crippen molar-refractivity contribution in [2.45, 2.75) is 16.8 Å². The van der Waals surface area contributed by atoms with Gasteiger partial charge in [-0.05, 0) is 55.0 Å². The van der Waals surface area contributed by atoms with Crippen LogP contribution in [0, 0.1) is 6.92 Å². The zero-order valence-corrected chi connectivity index (χ0v) is 11.5. The average molecular weight is 274 g/mol. The predicted molar refractivity (Wildman–Crippen MR) is 77.7 cm³/mol. The minimum Gasteiger partial charge on any atom is -0.311 e. The van der Waals surface area contributed by atoms with E-state index in [4.69, 9.17) is 11.6 Å². The van der Waals surface area contributed by atoms with Crippen molar-refractivity contribution in [2.75, 3.05) is 0 Å². The Morgan fingerprint density at radius 1 is 1.06 bits per heavy atom. The van der Waals surface area contributed by atoms with Crippen LogP contribution in [-0.2, 0) is 0 Å². The molecule has 0 saturated heterocycles. The van der Waals surface area contributed by atoms with Crippen LogP contribution in [0.4, 0.5) is 0 Å². The fraction of sp³-hybridized carbons (Fsp3) is 0.0667. The van der Waals surface area contributed by atoms with Gasteiger partial charge in [0.25, 0.3) is 0 Å². The highest BCUT2D eigenvalue weighted by Gasteiger charge is 2.07. The van der Waals surface area contributed by atoms with E-state index in [1.807, 2.05) is 12.1 Å². The summed E-state index contributed by atoms with van der Waals surface area (Å²) in [5.41, 5.74) is 2.52. The van der Waals surface area contributed by atoms with Crippen molar-refractivity contribution in [3.8, 4) is 0 Å². The molecule has 0 aliphatic rings. The number of aryl methyl sites for hydroxylation is 1. The van der Waals surface area contributed by atoms with Crippen molar-refractivity contribution < 1.29 is 0 Å². The molecule has 0 aliphatic carbocycles. The molecular weight excluding hydrogens is 262 g/mol. The molecule has 0 aliphatic heterocycles. The second kappa shape index (κ2) is 4.71. The summed E-state index contributed by atoms with van der Waals surface area (Å²) in [5, 5.41) is 2.03. The Labute approximate surface area is 115 Å². The van der Waals surface area contributed by atoms with Crippen molar-refractivity contribution in [1.82, 2.24) is 4.40 Å². The number of fused-ring (bicyclic) bond motifs is 1. The van der Waals surface area contributed by atoms with Crippen LogP contribution >= 0.6 is 23.4 Å². The lowest BCUT2D eigenvalue weighted by Crippen LogP contribution is -1.85. The van der Waals surface area contributed by atoms with E-state index in [2.05, 4.69) is 53.9 Å². The Balaban J connectivity index is 2.04. The van der Waals surface area contributed by atoms with Crippen molar-refractivity contribution in [3.05, 3.63) is 65.3 Å². The SMILES string of the molecule is Cc1cc2ccccn2c1Sc1ccc(Cl)cc1. The molecule has 0 saturated carbocycles. The van der Waals surface area contributed by atoms with Crippen molar-refractivity contribution in [2.24, 2.45) is 0 Å². The monoisotopic (exact) mass is 273 g/mol. The number of hydrogen-bond donors (Lipinski definition) is 0. The summed E-state index contributed by atoms with van der Waals surface area (Å²) in [7, 11) is 0. The molecule has 18 heavy (non-hydrogen) atoms. The van der Waals surface area contributed by atoms with Crippen LogP contribution in [0.2, 0.25) is 5.02 Å². The van der Waals surface area contributed by atoms with Crippen molar-refractivity contribution in [1.29, 1.82) is 0 Å². The van der Waals surface area contributed by atoms with E-state index < -0.39 is 0 Å². The number of aromatic nitrogens is 1. The molecule has 2 aromatic heterocycles. The molecule has 0 bridgehead atoms. The summed E-state index contributed by atoms with van der Waals surface area (Å²) in [6.45, 7) is 2.14. The van der Waals surface area contributed by atoms with Gasteiger partial charge in [-0.15, -0.1) is 0 Å². The van der Waals surface area contributed by atoms with Crippen LogP contribution in [0.15, 0.2) is 64.6 Å². The van der Waals surface area contributed by atoms with Crippen molar-refractivity contribution in [3.63, 3.8) is 0 Å². The van der Waals surface area contributed by atoms with Crippen molar-refractivity contribution >= 4 is 28.9 Å². The maximum absolute atomic E-state index is 5.91. The molecule has 0 atom stereocenters. The Morgan fingerprint density at radius 3 is 2.61 bits per heavy atom. The third-order valence-corrected chi connectivity index (χ3v) is 4.31. The van der Waals surface area contributed by atoms with Gasteiger partial charge in [0, 0.05) is 21.6 Å². The normalized spacial score (nSPS) is 11.0. The molecule has 3 aromatic rings. The van der Waals surface area contributed by atoms with Gasteiger partial charge in [-0.25, -0.2) is 0 Å². The lowest BCUT2D eigenvalue weighted by atomic mass is 10.3. The number of rotatable bonds is 2. The molecule has 1 nitrogen and oxygen atoms in total. The van der Waals surface area contributed by atoms with E-state index in [9.17, 15) is 0 Å². The van der Waals surface area contributed by atoms with Gasteiger partial charge in [-0.1, -0.05) is 29.4 Å². The Bertz CT molecular complexity index is 685. The lowest BCUT2D eigenvalue weighted by Gasteiger charge is -2.04. The fourth-order valence-electron chi connectivity index (χ4n) is 1.98. The zero-order valence-electron chi connectivity index (χ0n) is 9.93. The minimum atomic E-state index is 0.774. The first-order valence-corrected chi connectivity index (χ1v) is 6.93. The van der Waals surface area contributed by atoms with E-state index in [1.165, 1.54) is 21.0 Å². The van der Waals surface area contributed by atoms with Gasteiger partial charge >= 0.3 is 0 Å². The van der Waals surface area contributed by atoms with Gasteiger partial charge in [-0.2, -0.15) is 0 Å². The summed E-state index contributed by atoms with van der Waals surface area (Å²) in [6, 6.07) is 16.4. The maximum atomic E-state index is 5.91. The highest BCUT2D eigenvalue weighted by Crippen LogP contribution is 2.32. The molecule has 3 rings (SSSR count). The highest BCUT2D eigenvalue weighted by molar-refractivity contribution is 7.99. The van der Waals surface area contributed by atoms with Gasteiger partial charge in [0.2, 0.25) is 0 Å². The number of halogens is 1. The molecule has 0 spiro atoms. The molecule has 90 valence electrons. The Kier molecular flexibility index (Phi) is 3.06. The van der Waals surface area contributed by atoms with Crippen LogP contribution in [0.5, 0.6) is 0 Å². The van der Waals surface area contributed by atoms with Gasteiger partial charge in [0.15, 0.2) is 0 Å². The van der Waals surface area contributed by atoms with Crippen LogP contribution in [-0.4, -0.2) is 4.40 Å². The molecule has 0 radical (unpaired) electrons. The third-order valence-electron chi connectivity index (χ3n) is 2.84. The molecule has 0 fully saturated rings. The first-order valence-electron chi connectivity index (χ1n) is 5.74. The first-order chi connectivity index (χ1) is 8.74. The quantitative estimate of drug-likeness (QED) is 0.632. The molecular formula is C15H12ClNS. The van der Waals surface area contributed by atoms with Gasteiger partial charge < -0.3 is 4.40 Å². The number of nitrogens with zero attached hydrogens (tertiary/aromatic N) is 1. The largest absolute Gasteiger partial charge is 0.311 e. The first kappa shape index (κ1) is 11.7. The molecule has 0 N–H and O–H groups in total. The van der Waals surface area contributed by atoms with E-state index in [-0.39, 0.29) is 0 Å². The smallest absolute Gasteiger partial charge is 0.0872 e. The van der Waals surface area contributed by atoms with Crippen LogP contribution in [0.25, 0.3) is 5.52 Å². The van der Waals surface area contributed by atoms with Crippen LogP contribution in [0.3, 0.4) is 0 Å².